The Morgan fingerprint density at radius 1 is 1.32 bits per heavy atom. The molecule has 102 valence electrons. The van der Waals surface area contributed by atoms with Gasteiger partial charge in [-0.1, -0.05) is 11.6 Å². The molecule has 0 unspecified atom stereocenters. The summed E-state index contributed by atoms with van der Waals surface area (Å²) in [7, 11) is 3.71. The third-order valence-corrected chi connectivity index (χ3v) is 3.62. The summed E-state index contributed by atoms with van der Waals surface area (Å²) in [4.78, 5) is 15.3. The predicted molar refractivity (Wildman–Crippen MR) is 80.1 cm³/mol. The Kier molecular flexibility index (Phi) is 4.39. The van der Waals surface area contributed by atoms with Gasteiger partial charge in [0.05, 0.1) is 4.34 Å². The molecule has 0 aliphatic heterocycles. The first-order valence-corrected chi connectivity index (χ1v) is 6.91. The zero-order valence-electron chi connectivity index (χ0n) is 10.7. The third-order valence-electron chi connectivity index (χ3n) is 2.32. The smallest absolute Gasteiger partial charge is 0.231 e. The Morgan fingerprint density at radius 2 is 2.11 bits per heavy atom. The van der Waals surface area contributed by atoms with E-state index in [0.29, 0.717) is 18.4 Å². The number of rotatable bonds is 5. The number of aromatic nitrogens is 3. The van der Waals surface area contributed by atoms with E-state index in [2.05, 4.69) is 20.3 Å². The molecule has 0 saturated carbocycles. The van der Waals surface area contributed by atoms with Gasteiger partial charge in [0.2, 0.25) is 17.8 Å². The first kappa shape index (κ1) is 13.8. The van der Waals surface area contributed by atoms with Crippen LogP contribution in [0.3, 0.4) is 0 Å². The molecular formula is C11H15ClN6S. The van der Waals surface area contributed by atoms with Crippen molar-refractivity contribution in [3.05, 3.63) is 21.3 Å². The molecule has 0 aliphatic rings. The molecule has 0 saturated heterocycles. The van der Waals surface area contributed by atoms with Gasteiger partial charge in [-0.2, -0.15) is 15.0 Å². The zero-order chi connectivity index (χ0) is 13.8. The van der Waals surface area contributed by atoms with Crippen molar-refractivity contribution in [3.8, 4) is 0 Å². The average Bonchev–Trinajstić information content (AvgIpc) is 2.74. The molecule has 0 atom stereocenters. The number of nitrogens with zero attached hydrogens (tertiary/aromatic N) is 4. The second kappa shape index (κ2) is 6.03. The van der Waals surface area contributed by atoms with E-state index in [0.717, 1.165) is 10.8 Å². The molecule has 0 amide bonds. The summed E-state index contributed by atoms with van der Waals surface area (Å²) < 4.78 is 0.800. The lowest BCUT2D eigenvalue weighted by atomic mass is 10.3. The minimum atomic E-state index is 0.209. The summed E-state index contributed by atoms with van der Waals surface area (Å²) in [5.74, 6) is 1.23. The molecule has 2 aromatic rings. The van der Waals surface area contributed by atoms with Crippen LogP contribution in [0, 0.1) is 0 Å². The predicted octanol–water partition coefficient (Wildman–Crippen LogP) is 1.89. The minimum Gasteiger partial charge on any atom is -0.368 e. The van der Waals surface area contributed by atoms with Gasteiger partial charge >= 0.3 is 0 Å². The molecule has 0 fully saturated rings. The van der Waals surface area contributed by atoms with Crippen molar-refractivity contribution in [1.82, 2.24) is 15.0 Å². The van der Waals surface area contributed by atoms with Crippen molar-refractivity contribution in [2.45, 2.75) is 6.42 Å². The number of thiophene rings is 1. The Balaban J connectivity index is 1.95. The van der Waals surface area contributed by atoms with Gasteiger partial charge in [-0.05, 0) is 18.6 Å². The summed E-state index contributed by atoms with van der Waals surface area (Å²) in [5.41, 5.74) is 5.64. The highest BCUT2D eigenvalue weighted by atomic mass is 35.5. The van der Waals surface area contributed by atoms with E-state index in [1.807, 2.05) is 26.2 Å². The van der Waals surface area contributed by atoms with Crippen molar-refractivity contribution in [3.63, 3.8) is 0 Å². The number of nitrogen functional groups attached to an aromatic ring is 1. The standard InChI is InChI=1S/C11H15ClN6S/c1-18(2)11-16-9(13)15-10(17-11)14-6-5-7-3-4-8(12)19-7/h3-4H,5-6H2,1-2H3,(H3,13,14,15,16,17). The Labute approximate surface area is 120 Å². The Morgan fingerprint density at radius 3 is 2.74 bits per heavy atom. The molecular weight excluding hydrogens is 284 g/mol. The summed E-state index contributed by atoms with van der Waals surface area (Å²) in [5, 5.41) is 3.13. The Bertz CT molecular complexity index is 556. The SMILES string of the molecule is CN(C)c1nc(N)nc(NCCc2ccc(Cl)s2)n1. The van der Waals surface area contributed by atoms with Gasteiger partial charge < -0.3 is 16.0 Å². The van der Waals surface area contributed by atoms with Gasteiger partial charge in [-0.3, -0.25) is 0 Å². The molecule has 2 aromatic heterocycles. The number of hydrogen-bond donors (Lipinski definition) is 2. The first-order chi connectivity index (χ1) is 9.04. The monoisotopic (exact) mass is 298 g/mol. The van der Waals surface area contributed by atoms with Crippen LogP contribution in [-0.4, -0.2) is 35.6 Å². The van der Waals surface area contributed by atoms with Crippen LogP contribution in [0.2, 0.25) is 4.34 Å². The van der Waals surface area contributed by atoms with Crippen LogP contribution >= 0.6 is 22.9 Å². The first-order valence-electron chi connectivity index (χ1n) is 5.71. The number of hydrogen-bond acceptors (Lipinski definition) is 7. The maximum Gasteiger partial charge on any atom is 0.231 e. The molecule has 0 spiro atoms. The van der Waals surface area contributed by atoms with E-state index in [-0.39, 0.29) is 5.95 Å². The fraction of sp³-hybridized carbons (Fsp3) is 0.364. The molecule has 0 aromatic carbocycles. The largest absolute Gasteiger partial charge is 0.368 e. The van der Waals surface area contributed by atoms with Crippen LogP contribution in [0.1, 0.15) is 4.88 Å². The van der Waals surface area contributed by atoms with E-state index in [1.165, 1.54) is 4.88 Å². The summed E-state index contributed by atoms with van der Waals surface area (Å²) in [6.45, 7) is 0.715. The quantitative estimate of drug-likeness (QED) is 0.877. The van der Waals surface area contributed by atoms with Gasteiger partial charge in [0.1, 0.15) is 0 Å². The molecule has 0 aliphatic carbocycles. The van der Waals surface area contributed by atoms with Crippen LogP contribution in [0.5, 0.6) is 0 Å². The lowest BCUT2D eigenvalue weighted by Gasteiger charge is -2.11. The van der Waals surface area contributed by atoms with Crippen molar-refractivity contribution >= 4 is 40.8 Å². The topological polar surface area (TPSA) is 80.0 Å². The van der Waals surface area contributed by atoms with Crippen molar-refractivity contribution < 1.29 is 0 Å². The van der Waals surface area contributed by atoms with Gasteiger partial charge in [0.15, 0.2) is 0 Å². The molecule has 2 rings (SSSR count). The summed E-state index contributed by atoms with van der Waals surface area (Å²) in [6, 6.07) is 3.91. The summed E-state index contributed by atoms with van der Waals surface area (Å²) >= 11 is 7.45. The van der Waals surface area contributed by atoms with E-state index in [1.54, 1.807) is 16.2 Å². The van der Waals surface area contributed by atoms with E-state index < -0.39 is 0 Å². The van der Waals surface area contributed by atoms with Gasteiger partial charge in [-0.25, -0.2) is 0 Å². The molecule has 19 heavy (non-hydrogen) atoms. The van der Waals surface area contributed by atoms with Crippen LogP contribution in [0.25, 0.3) is 0 Å². The second-order valence-electron chi connectivity index (χ2n) is 4.09. The maximum atomic E-state index is 5.88. The minimum absolute atomic E-state index is 0.209. The lowest BCUT2D eigenvalue weighted by molar-refractivity contribution is 0.940. The van der Waals surface area contributed by atoms with Crippen molar-refractivity contribution in [2.24, 2.45) is 0 Å². The van der Waals surface area contributed by atoms with E-state index >= 15 is 0 Å². The van der Waals surface area contributed by atoms with Gasteiger partial charge in [-0.15, -0.1) is 11.3 Å². The van der Waals surface area contributed by atoms with E-state index in [9.17, 15) is 0 Å². The zero-order valence-corrected chi connectivity index (χ0v) is 12.3. The number of anilines is 3. The highest BCUT2D eigenvalue weighted by molar-refractivity contribution is 7.16. The van der Waals surface area contributed by atoms with Crippen molar-refractivity contribution in [2.75, 3.05) is 36.6 Å². The van der Waals surface area contributed by atoms with E-state index in [4.69, 9.17) is 17.3 Å². The lowest BCUT2D eigenvalue weighted by Crippen LogP contribution is -2.17. The highest BCUT2D eigenvalue weighted by Crippen LogP contribution is 2.21. The highest BCUT2D eigenvalue weighted by Gasteiger charge is 2.06. The molecule has 0 bridgehead atoms. The molecule has 8 heteroatoms. The average molecular weight is 299 g/mol. The van der Waals surface area contributed by atoms with Gasteiger partial charge in [0, 0.05) is 25.5 Å². The molecule has 2 heterocycles. The van der Waals surface area contributed by atoms with Crippen LogP contribution in [-0.2, 0) is 6.42 Å². The summed E-state index contributed by atoms with van der Waals surface area (Å²) in [6.07, 6.45) is 0.861. The fourth-order valence-electron chi connectivity index (χ4n) is 1.44. The molecule has 0 radical (unpaired) electrons. The normalized spacial score (nSPS) is 10.5. The Hall–Kier alpha value is -1.60. The number of nitrogens with one attached hydrogen (secondary N) is 1. The number of halogens is 1. The maximum absolute atomic E-state index is 5.88. The molecule has 6 nitrogen and oxygen atoms in total. The molecule has 3 N–H and O–H groups in total. The fourth-order valence-corrected chi connectivity index (χ4v) is 2.53. The van der Waals surface area contributed by atoms with Gasteiger partial charge in [0.25, 0.3) is 0 Å². The van der Waals surface area contributed by atoms with Crippen LogP contribution < -0.4 is 16.0 Å². The number of nitrogens with two attached hydrogens (primary N) is 1. The van der Waals surface area contributed by atoms with Crippen LogP contribution in [0.4, 0.5) is 17.8 Å². The van der Waals surface area contributed by atoms with Crippen LogP contribution in [0.15, 0.2) is 12.1 Å². The second-order valence-corrected chi connectivity index (χ2v) is 5.89. The third kappa shape index (κ3) is 3.93. The van der Waals surface area contributed by atoms with Crippen molar-refractivity contribution in [1.29, 1.82) is 0 Å².